The van der Waals surface area contributed by atoms with Crippen LogP contribution in [-0.4, -0.2) is 21.0 Å². The van der Waals surface area contributed by atoms with Crippen LogP contribution in [0.1, 0.15) is 5.56 Å². The molecule has 0 fully saturated rings. The first-order valence-electron chi connectivity index (χ1n) is 6.27. The molecule has 2 aromatic rings. The summed E-state index contributed by atoms with van der Waals surface area (Å²) in [7, 11) is -3.50. The molecule has 2 aromatic carbocycles. The van der Waals surface area contributed by atoms with E-state index in [0.717, 1.165) is 12.3 Å². The van der Waals surface area contributed by atoms with Crippen LogP contribution in [0.15, 0.2) is 47.4 Å². The van der Waals surface area contributed by atoms with Crippen molar-refractivity contribution in [2.24, 2.45) is 0 Å². The van der Waals surface area contributed by atoms with E-state index < -0.39 is 21.9 Å². The van der Waals surface area contributed by atoms with E-state index in [0.29, 0.717) is 5.56 Å². The summed E-state index contributed by atoms with van der Waals surface area (Å²) in [6.07, 6.45) is 1.40. The summed E-state index contributed by atoms with van der Waals surface area (Å²) >= 11 is 0. The number of rotatable bonds is 3. The molecule has 2 rings (SSSR count). The van der Waals surface area contributed by atoms with Crippen molar-refractivity contribution < 1.29 is 26.3 Å². The zero-order valence-corrected chi connectivity index (χ0v) is 12.7. The van der Waals surface area contributed by atoms with Crippen molar-refractivity contribution in [1.82, 2.24) is 0 Å². The molecule has 0 heterocycles. The van der Waals surface area contributed by atoms with Gasteiger partial charge in [-0.25, -0.2) is 8.42 Å². The minimum Gasteiger partial charge on any atom is -0.405 e. The van der Waals surface area contributed by atoms with Gasteiger partial charge in [-0.1, -0.05) is 18.1 Å². The van der Waals surface area contributed by atoms with Gasteiger partial charge in [0.2, 0.25) is 0 Å². The van der Waals surface area contributed by atoms with Crippen molar-refractivity contribution in [1.29, 1.82) is 0 Å². The first kappa shape index (κ1) is 16.9. The lowest BCUT2D eigenvalue weighted by Gasteiger charge is -2.14. The van der Waals surface area contributed by atoms with Crippen molar-refractivity contribution in [3.05, 3.63) is 48.0 Å². The van der Waals surface area contributed by atoms with Gasteiger partial charge in [0, 0.05) is 17.4 Å². The predicted molar refractivity (Wildman–Crippen MR) is 79.6 cm³/mol. The standard InChI is InChI=1S/C16H11F3O3S/c1-3-11-7-8-15(22-16(17,18)19)14(9-11)12-5-4-6-13(10-12)23(2,20)21/h1,4-10H,2H3. The lowest BCUT2D eigenvalue weighted by Crippen LogP contribution is -2.17. The molecule has 0 N–H and O–H groups in total. The van der Waals surface area contributed by atoms with Crippen LogP contribution in [0.5, 0.6) is 5.75 Å². The first-order chi connectivity index (χ1) is 10.6. The molecule has 0 aliphatic heterocycles. The van der Waals surface area contributed by atoms with Crippen LogP contribution in [0.25, 0.3) is 11.1 Å². The zero-order valence-electron chi connectivity index (χ0n) is 11.9. The van der Waals surface area contributed by atoms with Crippen LogP contribution in [-0.2, 0) is 9.84 Å². The van der Waals surface area contributed by atoms with Gasteiger partial charge in [0.15, 0.2) is 9.84 Å². The first-order valence-corrected chi connectivity index (χ1v) is 8.16. The van der Waals surface area contributed by atoms with Crippen molar-refractivity contribution in [3.63, 3.8) is 0 Å². The summed E-state index contributed by atoms with van der Waals surface area (Å²) in [5.41, 5.74) is 0.659. The molecule has 0 saturated carbocycles. The Morgan fingerprint density at radius 1 is 1.13 bits per heavy atom. The third-order valence-corrected chi connectivity index (χ3v) is 4.06. The highest BCUT2D eigenvalue weighted by atomic mass is 32.2. The topological polar surface area (TPSA) is 43.4 Å². The molecule has 120 valence electrons. The van der Waals surface area contributed by atoms with Gasteiger partial charge in [0.05, 0.1) is 4.90 Å². The number of hydrogen-bond donors (Lipinski definition) is 0. The van der Waals surface area contributed by atoms with Crippen LogP contribution in [0.4, 0.5) is 13.2 Å². The predicted octanol–water partition coefficient (Wildman–Crippen LogP) is 3.64. The number of sulfone groups is 1. The molecule has 0 aliphatic rings. The molecule has 0 radical (unpaired) electrons. The van der Waals surface area contributed by atoms with E-state index in [2.05, 4.69) is 10.7 Å². The maximum Gasteiger partial charge on any atom is 0.573 e. The van der Waals surface area contributed by atoms with Crippen LogP contribution in [0.2, 0.25) is 0 Å². The van der Waals surface area contributed by atoms with Gasteiger partial charge in [0.25, 0.3) is 0 Å². The van der Waals surface area contributed by atoms with Gasteiger partial charge in [-0.05, 0) is 35.9 Å². The summed E-state index contributed by atoms with van der Waals surface area (Å²) in [4.78, 5) is -0.0148. The van der Waals surface area contributed by atoms with E-state index in [4.69, 9.17) is 6.42 Å². The Morgan fingerprint density at radius 3 is 2.39 bits per heavy atom. The van der Waals surface area contributed by atoms with E-state index in [-0.39, 0.29) is 16.0 Å². The number of halogens is 3. The monoisotopic (exact) mass is 340 g/mol. The summed E-state index contributed by atoms with van der Waals surface area (Å²) in [5, 5.41) is 0. The maximum atomic E-state index is 12.5. The maximum absolute atomic E-state index is 12.5. The average Bonchev–Trinajstić information content (AvgIpc) is 2.45. The fourth-order valence-electron chi connectivity index (χ4n) is 1.95. The Bertz CT molecular complexity index is 878. The molecule has 0 saturated heterocycles. The fourth-order valence-corrected chi connectivity index (χ4v) is 2.62. The average molecular weight is 340 g/mol. The van der Waals surface area contributed by atoms with Crippen LogP contribution in [0, 0.1) is 12.3 Å². The largest absolute Gasteiger partial charge is 0.573 e. The Hall–Kier alpha value is -2.46. The van der Waals surface area contributed by atoms with Crippen molar-refractivity contribution in [2.45, 2.75) is 11.3 Å². The van der Waals surface area contributed by atoms with E-state index in [1.165, 1.54) is 36.4 Å². The van der Waals surface area contributed by atoms with Gasteiger partial charge in [-0.3, -0.25) is 0 Å². The molecular weight excluding hydrogens is 329 g/mol. The molecule has 0 bridgehead atoms. The second-order valence-corrected chi connectivity index (χ2v) is 6.72. The van der Waals surface area contributed by atoms with Crippen LogP contribution >= 0.6 is 0 Å². The second-order valence-electron chi connectivity index (χ2n) is 4.70. The van der Waals surface area contributed by atoms with Crippen LogP contribution in [0.3, 0.4) is 0 Å². The smallest absolute Gasteiger partial charge is 0.405 e. The Balaban J connectivity index is 2.64. The Kier molecular flexibility index (Phi) is 4.39. The lowest BCUT2D eigenvalue weighted by atomic mass is 10.0. The highest BCUT2D eigenvalue weighted by Gasteiger charge is 2.32. The number of alkyl halides is 3. The summed E-state index contributed by atoms with van der Waals surface area (Å²) in [6, 6.07) is 9.29. The molecule has 0 spiro atoms. The molecule has 0 aromatic heterocycles. The highest BCUT2D eigenvalue weighted by Crippen LogP contribution is 2.35. The Morgan fingerprint density at radius 2 is 1.83 bits per heavy atom. The van der Waals surface area contributed by atoms with E-state index in [1.54, 1.807) is 0 Å². The second kappa shape index (κ2) is 5.97. The molecule has 0 unspecified atom stereocenters. The lowest BCUT2D eigenvalue weighted by molar-refractivity contribution is -0.274. The van der Waals surface area contributed by atoms with Gasteiger partial charge in [0.1, 0.15) is 5.75 Å². The molecule has 7 heteroatoms. The van der Waals surface area contributed by atoms with Gasteiger partial charge in [-0.2, -0.15) is 0 Å². The van der Waals surface area contributed by atoms with Crippen molar-refractivity contribution in [2.75, 3.05) is 6.26 Å². The normalized spacial score (nSPS) is 11.8. The number of hydrogen-bond acceptors (Lipinski definition) is 3. The van der Waals surface area contributed by atoms with Crippen molar-refractivity contribution >= 4 is 9.84 Å². The zero-order chi connectivity index (χ0) is 17.3. The minimum absolute atomic E-state index is 0.0148. The molecule has 0 aliphatic carbocycles. The number of ether oxygens (including phenoxy) is 1. The molecule has 23 heavy (non-hydrogen) atoms. The van der Waals surface area contributed by atoms with E-state index >= 15 is 0 Å². The molecule has 3 nitrogen and oxygen atoms in total. The summed E-state index contributed by atoms with van der Waals surface area (Å²) in [5.74, 6) is 1.86. The summed E-state index contributed by atoms with van der Waals surface area (Å²) in [6.45, 7) is 0. The van der Waals surface area contributed by atoms with Crippen molar-refractivity contribution in [3.8, 4) is 29.2 Å². The SMILES string of the molecule is C#Cc1ccc(OC(F)(F)F)c(-c2cccc(S(C)(=O)=O)c2)c1. The van der Waals surface area contributed by atoms with E-state index in [9.17, 15) is 21.6 Å². The van der Waals surface area contributed by atoms with E-state index in [1.807, 2.05) is 0 Å². The Labute approximate surface area is 131 Å². The molecule has 0 atom stereocenters. The van der Waals surface area contributed by atoms with Gasteiger partial charge in [-0.15, -0.1) is 19.6 Å². The number of terminal acetylenes is 1. The van der Waals surface area contributed by atoms with Gasteiger partial charge < -0.3 is 4.74 Å². The number of benzene rings is 2. The third-order valence-electron chi connectivity index (χ3n) is 2.95. The minimum atomic E-state index is -4.87. The van der Waals surface area contributed by atoms with Gasteiger partial charge >= 0.3 is 6.36 Å². The highest BCUT2D eigenvalue weighted by molar-refractivity contribution is 7.90. The fraction of sp³-hybridized carbons (Fsp3) is 0.125. The summed E-state index contributed by atoms with van der Waals surface area (Å²) < 4.78 is 64.8. The third kappa shape index (κ3) is 4.27. The molecular formula is C16H11F3O3S. The molecule has 0 amide bonds. The quantitative estimate of drug-likeness (QED) is 0.801. The van der Waals surface area contributed by atoms with Crippen LogP contribution < -0.4 is 4.74 Å².